The van der Waals surface area contributed by atoms with Crippen molar-refractivity contribution in [2.75, 3.05) is 6.61 Å². The Morgan fingerprint density at radius 3 is 2.33 bits per heavy atom. The maximum Gasteiger partial charge on any atom is 0.494 e. The fourth-order valence-corrected chi connectivity index (χ4v) is 2.10. The third-order valence-corrected chi connectivity index (χ3v) is 4.11. The van der Waals surface area contributed by atoms with Crippen molar-refractivity contribution in [3.8, 4) is 11.8 Å². The number of nitrogens with zero attached hydrogens (tertiary/aromatic N) is 1. The molecule has 0 unspecified atom stereocenters. The second kappa shape index (κ2) is 5.71. The van der Waals surface area contributed by atoms with Crippen molar-refractivity contribution in [3.05, 3.63) is 23.8 Å². The van der Waals surface area contributed by atoms with Crippen LogP contribution in [0.5, 0.6) is 5.75 Å². The Labute approximate surface area is 127 Å². The molecule has 0 atom stereocenters. The average molecular weight is 287 g/mol. The van der Waals surface area contributed by atoms with Gasteiger partial charge in [0.15, 0.2) is 0 Å². The molecule has 1 aliphatic rings. The molecule has 1 aliphatic heterocycles. The van der Waals surface area contributed by atoms with Gasteiger partial charge in [-0.05, 0) is 51.7 Å². The van der Waals surface area contributed by atoms with Crippen LogP contribution in [0.2, 0.25) is 0 Å². The van der Waals surface area contributed by atoms with Gasteiger partial charge in [-0.2, -0.15) is 5.26 Å². The zero-order valence-corrected chi connectivity index (χ0v) is 13.4. The molecular weight excluding hydrogens is 265 g/mol. The molecule has 0 bridgehead atoms. The van der Waals surface area contributed by atoms with Gasteiger partial charge < -0.3 is 14.0 Å². The van der Waals surface area contributed by atoms with E-state index in [9.17, 15) is 5.26 Å². The minimum absolute atomic E-state index is 0.387. The first-order valence-corrected chi connectivity index (χ1v) is 7.33. The van der Waals surface area contributed by atoms with Gasteiger partial charge >= 0.3 is 7.12 Å². The summed E-state index contributed by atoms with van der Waals surface area (Å²) < 4.78 is 17.6. The lowest BCUT2D eigenvalue weighted by Gasteiger charge is -2.32. The maximum atomic E-state index is 9.28. The quantitative estimate of drug-likeness (QED) is 0.799. The standard InChI is InChI=1S/C16H22BNO3/c1-6-9-19-14-8-7-13(10-12(14)11-18)17-20-15(2,3)16(4,5)21-17/h7-8,10H,6,9H2,1-5H3. The van der Waals surface area contributed by atoms with Crippen molar-refractivity contribution >= 4 is 12.6 Å². The summed E-state index contributed by atoms with van der Waals surface area (Å²) in [5.41, 5.74) is 0.577. The Hall–Kier alpha value is -1.51. The molecular formula is C16H22BNO3. The molecule has 21 heavy (non-hydrogen) atoms. The number of nitriles is 1. The Kier molecular flexibility index (Phi) is 4.31. The molecule has 5 heteroatoms. The predicted molar refractivity (Wildman–Crippen MR) is 82.7 cm³/mol. The van der Waals surface area contributed by atoms with Gasteiger partial charge in [0.25, 0.3) is 0 Å². The second-order valence-corrected chi connectivity index (χ2v) is 6.30. The molecule has 0 radical (unpaired) electrons. The molecule has 1 aromatic rings. The van der Waals surface area contributed by atoms with Gasteiger partial charge in [0.05, 0.1) is 23.4 Å². The molecule has 1 saturated heterocycles. The van der Waals surface area contributed by atoms with Crippen LogP contribution in [0.25, 0.3) is 0 Å². The molecule has 0 N–H and O–H groups in total. The van der Waals surface area contributed by atoms with Crippen molar-refractivity contribution < 1.29 is 14.0 Å². The van der Waals surface area contributed by atoms with Crippen molar-refractivity contribution in [1.29, 1.82) is 5.26 Å². The van der Waals surface area contributed by atoms with Gasteiger partial charge in [0, 0.05) is 0 Å². The highest BCUT2D eigenvalue weighted by Gasteiger charge is 2.51. The van der Waals surface area contributed by atoms with Crippen LogP contribution in [0.15, 0.2) is 18.2 Å². The first-order chi connectivity index (χ1) is 9.80. The van der Waals surface area contributed by atoms with Crippen LogP contribution >= 0.6 is 0 Å². The number of hydrogen-bond acceptors (Lipinski definition) is 4. The lowest BCUT2D eigenvalue weighted by molar-refractivity contribution is 0.00578. The zero-order valence-electron chi connectivity index (χ0n) is 13.4. The topological polar surface area (TPSA) is 51.5 Å². The van der Waals surface area contributed by atoms with Crippen molar-refractivity contribution in [3.63, 3.8) is 0 Å². The molecule has 0 saturated carbocycles. The number of hydrogen-bond donors (Lipinski definition) is 0. The molecule has 0 aromatic heterocycles. The molecule has 0 aliphatic carbocycles. The summed E-state index contributed by atoms with van der Waals surface area (Å²) in [7, 11) is -0.456. The van der Waals surface area contributed by atoms with Gasteiger partial charge in [0.2, 0.25) is 0 Å². The lowest BCUT2D eigenvalue weighted by Crippen LogP contribution is -2.41. The van der Waals surface area contributed by atoms with Crippen LogP contribution in [0.1, 0.15) is 46.6 Å². The third-order valence-electron chi connectivity index (χ3n) is 4.11. The van der Waals surface area contributed by atoms with Gasteiger partial charge in [-0.25, -0.2) is 0 Å². The van der Waals surface area contributed by atoms with E-state index in [1.54, 1.807) is 6.07 Å². The van der Waals surface area contributed by atoms with E-state index in [1.807, 2.05) is 46.8 Å². The molecule has 1 aromatic carbocycles. The van der Waals surface area contributed by atoms with Gasteiger partial charge in [-0.15, -0.1) is 0 Å². The van der Waals surface area contributed by atoms with E-state index in [4.69, 9.17) is 14.0 Å². The summed E-state index contributed by atoms with van der Waals surface area (Å²) in [6.07, 6.45) is 0.907. The molecule has 1 heterocycles. The largest absolute Gasteiger partial charge is 0.494 e. The van der Waals surface area contributed by atoms with Crippen LogP contribution in [-0.2, 0) is 9.31 Å². The molecule has 1 fully saturated rings. The van der Waals surface area contributed by atoms with Crippen LogP contribution in [0, 0.1) is 11.3 Å². The molecule has 4 nitrogen and oxygen atoms in total. The van der Waals surface area contributed by atoms with E-state index in [2.05, 4.69) is 6.07 Å². The van der Waals surface area contributed by atoms with E-state index in [1.165, 1.54) is 0 Å². The van der Waals surface area contributed by atoms with E-state index < -0.39 is 7.12 Å². The smallest absolute Gasteiger partial charge is 0.492 e. The van der Waals surface area contributed by atoms with Crippen LogP contribution in [-0.4, -0.2) is 24.9 Å². The van der Waals surface area contributed by atoms with Crippen LogP contribution in [0.3, 0.4) is 0 Å². The first-order valence-electron chi connectivity index (χ1n) is 7.33. The highest BCUT2D eigenvalue weighted by molar-refractivity contribution is 6.62. The summed E-state index contributed by atoms with van der Waals surface area (Å²) in [6.45, 7) is 10.7. The van der Waals surface area contributed by atoms with Gasteiger partial charge in [-0.3, -0.25) is 0 Å². The average Bonchev–Trinajstić information content (AvgIpc) is 2.65. The summed E-state index contributed by atoms with van der Waals surface area (Å²) in [6, 6.07) is 7.67. The van der Waals surface area contributed by atoms with E-state index in [0.29, 0.717) is 17.9 Å². The number of rotatable bonds is 4. The fourth-order valence-electron chi connectivity index (χ4n) is 2.10. The van der Waals surface area contributed by atoms with Crippen LogP contribution in [0.4, 0.5) is 0 Å². The first kappa shape index (κ1) is 15.9. The summed E-state index contributed by atoms with van der Waals surface area (Å²) in [4.78, 5) is 0. The summed E-state index contributed by atoms with van der Waals surface area (Å²) >= 11 is 0. The second-order valence-electron chi connectivity index (χ2n) is 6.30. The SMILES string of the molecule is CCCOc1ccc(B2OC(C)(C)C(C)(C)O2)cc1C#N. The minimum atomic E-state index is -0.456. The Bertz CT molecular complexity index is 547. The summed E-state index contributed by atoms with van der Waals surface area (Å²) in [5.74, 6) is 0.611. The van der Waals surface area contributed by atoms with E-state index >= 15 is 0 Å². The highest BCUT2D eigenvalue weighted by atomic mass is 16.7. The highest BCUT2D eigenvalue weighted by Crippen LogP contribution is 2.36. The van der Waals surface area contributed by atoms with Gasteiger partial charge in [0.1, 0.15) is 11.8 Å². The maximum absolute atomic E-state index is 9.28. The number of ether oxygens (including phenoxy) is 1. The summed E-state index contributed by atoms with van der Waals surface area (Å²) in [5, 5.41) is 9.28. The predicted octanol–water partition coefficient (Wildman–Crippen LogP) is 2.65. The van der Waals surface area contributed by atoms with Crippen molar-refractivity contribution in [2.24, 2.45) is 0 Å². The van der Waals surface area contributed by atoms with Crippen molar-refractivity contribution in [2.45, 2.75) is 52.2 Å². The zero-order chi connectivity index (χ0) is 15.7. The Morgan fingerprint density at radius 2 is 1.81 bits per heavy atom. The normalized spacial score (nSPS) is 19.3. The molecule has 112 valence electrons. The van der Waals surface area contributed by atoms with E-state index in [-0.39, 0.29) is 11.2 Å². The Balaban J connectivity index is 2.25. The Morgan fingerprint density at radius 1 is 1.19 bits per heavy atom. The fraction of sp³-hybridized carbons (Fsp3) is 0.562. The van der Waals surface area contributed by atoms with Gasteiger partial charge in [-0.1, -0.05) is 13.0 Å². The van der Waals surface area contributed by atoms with E-state index in [0.717, 1.165) is 11.9 Å². The lowest BCUT2D eigenvalue weighted by atomic mass is 9.78. The van der Waals surface area contributed by atoms with Crippen LogP contribution < -0.4 is 10.2 Å². The third kappa shape index (κ3) is 3.07. The minimum Gasteiger partial charge on any atom is -0.492 e. The molecule has 0 amide bonds. The molecule has 2 rings (SSSR count). The van der Waals surface area contributed by atoms with Crippen molar-refractivity contribution in [1.82, 2.24) is 0 Å². The molecule has 0 spiro atoms. The monoisotopic (exact) mass is 287 g/mol. The number of benzene rings is 1.